The van der Waals surface area contributed by atoms with Gasteiger partial charge in [-0.05, 0) is 49.5 Å². The Morgan fingerprint density at radius 1 is 1.06 bits per heavy atom. The molecule has 1 aromatic carbocycles. The van der Waals surface area contributed by atoms with Crippen molar-refractivity contribution in [1.29, 1.82) is 0 Å². The van der Waals surface area contributed by atoms with Gasteiger partial charge in [0.25, 0.3) is 17.8 Å². The SMILES string of the molecule is COc1cc(OC)nc(-n2nc(C)c(C=C3C(=O)NC(=S)N(c4ccc(Cl)cc4)C3=O)c2Cl)n1. The van der Waals surface area contributed by atoms with E-state index in [4.69, 9.17) is 44.9 Å². The summed E-state index contributed by atoms with van der Waals surface area (Å²) in [5.41, 5.74) is 1.02. The van der Waals surface area contributed by atoms with Gasteiger partial charge in [0.05, 0.1) is 31.7 Å². The molecule has 0 unspecified atom stereocenters. The number of methoxy groups -OCH3 is 2. The maximum Gasteiger partial charge on any atom is 0.270 e. The summed E-state index contributed by atoms with van der Waals surface area (Å²) in [6.45, 7) is 1.67. The number of rotatable bonds is 5. The smallest absolute Gasteiger partial charge is 0.270 e. The Kier molecular flexibility index (Phi) is 6.51. The van der Waals surface area contributed by atoms with Crippen molar-refractivity contribution in [3.05, 3.63) is 57.3 Å². The molecule has 1 aliphatic rings. The Labute approximate surface area is 209 Å². The van der Waals surface area contributed by atoms with Crippen LogP contribution in [0.1, 0.15) is 11.3 Å². The topological polar surface area (TPSA) is 111 Å². The van der Waals surface area contributed by atoms with E-state index in [0.717, 1.165) is 0 Å². The van der Waals surface area contributed by atoms with Crippen LogP contribution in [0.2, 0.25) is 10.2 Å². The number of ether oxygens (including phenoxy) is 2. The second-order valence-corrected chi connectivity index (χ2v) is 8.07. The van der Waals surface area contributed by atoms with Gasteiger partial charge in [-0.25, -0.2) is 0 Å². The van der Waals surface area contributed by atoms with E-state index in [0.29, 0.717) is 22.0 Å². The van der Waals surface area contributed by atoms with Crippen LogP contribution in [0, 0.1) is 6.92 Å². The zero-order valence-corrected chi connectivity index (χ0v) is 20.3. The minimum absolute atomic E-state index is 0.0511. The second kappa shape index (κ2) is 9.37. The first-order valence-electron chi connectivity index (χ1n) is 9.63. The van der Waals surface area contributed by atoms with Crippen LogP contribution in [0.3, 0.4) is 0 Å². The lowest BCUT2D eigenvalue weighted by atomic mass is 10.1. The van der Waals surface area contributed by atoms with E-state index >= 15 is 0 Å². The number of anilines is 1. The van der Waals surface area contributed by atoms with Crippen LogP contribution in [0.25, 0.3) is 12.0 Å². The normalized spacial score (nSPS) is 15.0. The third-order valence-corrected chi connectivity index (χ3v) is 5.70. The lowest BCUT2D eigenvalue weighted by Crippen LogP contribution is -2.54. The monoisotopic (exact) mass is 518 g/mol. The summed E-state index contributed by atoms with van der Waals surface area (Å²) in [4.78, 5) is 35.6. The van der Waals surface area contributed by atoms with Crippen LogP contribution in [0.4, 0.5) is 5.69 Å². The molecular weight excluding hydrogens is 503 g/mol. The number of hydrogen-bond donors (Lipinski definition) is 1. The zero-order valence-electron chi connectivity index (χ0n) is 18.0. The molecule has 1 saturated heterocycles. The van der Waals surface area contributed by atoms with E-state index in [9.17, 15) is 9.59 Å². The fraction of sp³-hybridized carbons (Fsp3) is 0.143. The third kappa shape index (κ3) is 4.32. The standard InChI is InChI=1S/C21H16Cl2N6O4S/c1-10-13(17(23)29(27-10)20-24-15(32-2)9-16(25-20)33-3)8-14-18(30)26-21(34)28(19(14)31)12-6-4-11(22)5-7-12/h4-9H,1-3H3,(H,26,30,34). The molecule has 4 rings (SSSR count). The average Bonchev–Trinajstić information content (AvgIpc) is 3.10. The Bertz CT molecular complexity index is 1330. The molecule has 3 aromatic rings. The van der Waals surface area contributed by atoms with Crippen molar-refractivity contribution in [2.45, 2.75) is 6.92 Å². The van der Waals surface area contributed by atoms with Crippen LogP contribution >= 0.6 is 35.4 Å². The highest BCUT2D eigenvalue weighted by Gasteiger charge is 2.35. The number of amides is 2. The second-order valence-electron chi connectivity index (χ2n) is 6.89. The first-order valence-corrected chi connectivity index (χ1v) is 10.8. The first-order chi connectivity index (χ1) is 16.2. The number of thiocarbonyl (C=S) groups is 1. The Hall–Kier alpha value is -3.54. The minimum Gasteiger partial charge on any atom is -0.481 e. The molecule has 1 N–H and O–H groups in total. The van der Waals surface area contributed by atoms with Crippen molar-refractivity contribution >= 4 is 64.1 Å². The van der Waals surface area contributed by atoms with Crippen molar-refractivity contribution in [2.24, 2.45) is 0 Å². The molecule has 3 heterocycles. The maximum absolute atomic E-state index is 13.3. The van der Waals surface area contributed by atoms with E-state index in [2.05, 4.69) is 20.4 Å². The number of carbonyl (C=O) groups is 2. The summed E-state index contributed by atoms with van der Waals surface area (Å²) in [5.74, 6) is -0.737. The molecule has 2 amide bonds. The molecule has 0 aliphatic carbocycles. The number of nitrogens with one attached hydrogen (secondary N) is 1. The highest BCUT2D eigenvalue weighted by atomic mass is 35.5. The average molecular weight is 519 g/mol. The molecule has 2 aromatic heterocycles. The highest BCUT2D eigenvalue weighted by molar-refractivity contribution is 7.80. The van der Waals surface area contributed by atoms with Gasteiger partial charge in [-0.3, -0.25) is 19.8 Å². The molecule has 174 valence electrons. The number of aryl methyl sites for hydroxylation is 1. The highest BCUT2D eigenvalue weighted by Crippen LogP contribution is 2.29. The van der Waals surface area contributed by atoms with E-state index in [-0.39, 0.29) is 33.5 Å². The molecule has 1 fully saturated rings. The molecule has 0 atom stereocenters. The fourth-order valence-electron chi connectivity index (χ4n) is 3.13. The van der Waals surface area contributed by atoms with Gasteiger partial charge >= 0.3 is 0 Å². The molecule has 0 bridgehead atoms. The number of halogens is 2. The first kappa shape index (κ1) is 23.6. The summed E-state index contributed by atoms with van der Waals surface area (Å²) in [6, 6.07) is 7.95. The molecule has 10 nitrogen and oxygen atoms in total. The largest absolute Gasteiger partial charge is 0.481 e. The molecule has 0 radical (unpaired) electrons. The van der Waals surface area contributed by atoms with Gasteiger partial charge in [0.2, 0.25) is 11.8 Å². The van der Waals surface area contributed by atoms with E-state index in [1.165, 1.54) is 35.9 Å². The van der Waals surface area contributed by atoms with Crippen molar-refractivity contribution in [1.82, 2.24) is 25.1 Å². The van der Waals surface area contributed by atoms with Gasteiger partial charge in [0, 0.05) is 10.6 Å². The molecular formula is C21H16Cl2N6O4S. The summed E-state index contributed by atoms with van der Waals surface area (Å²) in [5, 5.41) is 7.39. The van der Waals surface area contributed by atoms with Crippen molar-refractivity contribution in [2.75, 3.05) is 19.1 Å². The number of benzene rings is 1. The van der Waals surface area contributed by atoms with Crippen molar-refractivity contribution in [3.8, 4) is 17.7 Å². The van der Waals surface area contributed by atoms with Crippen LogP contribution in [-0.2, 0) is 9.59 Å². The maximum atomic E-state index is 13.3. The fourth-order valence-corrected chi connectivity index (χ4v) is 3.84. The number of hydrogen-bond acceptors (Lipinski definition) is 8. The number of nitrogens with zero attached hydrogens (tertiary/aromatic N) is 5. The lowest BCUT2D eigenvalue weighted by molar-refractivity contribution is -0.122. The Morgan fingerprint density at radius 3 is 2.26 bits per heavy atom. The predicted molar refractivity (Wildman–Crippen MR) is 130 cm³/mol. The van der Waals surface area contributed by atoms with Crippen LogP contribution in [0.15, 0.2) is 35.9 Å². The molecule has 34 heavy (non-hydrogen) atoms. The van der Waals surface area contributed by atoms with Gasteiger partial charge in [-0.1, -0.05) is 23.2 Å². The number of aromatic nitrogens is 4. The van der Waals surface area contributed by atoms with E-state index < -0.39 is 11.8 Å². The summed E-state index contributed by atoms with van der Waals surface area (Å²) in [7, 11) is 2.89. The summed E-state index contributed by atoms with van der Waals surface area (Å²) in [6.07, 6.45) is 1.35. The molecule has 1 aliphatic heterocycles. The van der Waals surface area contributed by atoms with Gasteiger partial charge in [0.1, 0.15) is 10.7 Å². The minimum atomic E-state index is -0.664. The van der Waals surface area contributed by atoms with Gasteiger partial charge in [-0.15, -0.1) is 0 Å². The zero-order chi connectivity index (χ0) is 24.6. The van der Waals surface area contributed by atoms with E-state index in [1.807, 2.05) is 0 Å². The Morgan fingerprint density at radius 2 is 1.68 bits per heavy atom. The summed E-state index contributed by atoms with van der Waals surface area (Å²) >= 11 is 17.7. The van der Waals surface area contributed by atoms with Crippen LogP contribution in [0.5, 0.6) is 11.8 Å². The van der Waals surface area contributed by atoms with Crippen LogP contribution in [-0.4, -0.2) is 50.9 Å². The third-order valence-electron chi connectivity index (χ3n) is 4.80. The Balaban J connectivity index is 1.77. The van der Waals surface area contributed by atoms with Crippen LogP contribution < -0.4 is 19.7 Å². The predicted octanol–water partition coefficient (Wildman–Crippen LogP) is 3.13. The molecule has 0 spiro atoms. The molecule has 13 heteroatoms. The lowest BCUT2D eigenvalue weighted by Gasteiger charge is -2.28. The van der Waals surface area contributed by atoms with Crippen molar-refractivity contribution in [3.63, 3.8) is 0 Å². The number of carbonyl (C=O) groups excluding carboxylic acids is 2. The quantitative estimate of drug-likeness (QED) is 0.311. The van der Waals surface area contributed by atoms with Gasteiger partial charge < -0.3 is 9.47 Å². The van der Waals surface area contributed by atoms with Crippen molar-refractivity contribution < 1.29 is 19.1 Å². The van der Waals surface area contributed by atoms with Gasteiger partial charge in [-0.2, -0.15) is 19.7 Å². The van der Waals surface area contributed by atoms with E-state index in [1.54, 1.807) is 31.2 Å². The van der Waals surface area contributed by atoms with Gasteiger partial charge in [0.15, 0.2) is 5.11 Å². The molecule has 0 saturated carbocycles. The summed E-state index contributed by atoms with van der Waals surface area (Å²) < 4.78 is 11.6.